The first-order valence-corrected chi connectivity index (χ1v) is 6.02. The van der Waals surface area contributed by atoms with Crippen LogP contribution in [0.5, 0.6) is 0 Å². The molecule has 0 spiro atoms. The molecule has 0 aliphatic carbocycles. The summed E-state index contributed by atoms with van der Waals surface area (Å²) in [6, 6.07) is 14.8. The number of nitro groups is 1. The van der Waals surface area contributed by atoms with Crippen LogP contribution < -0.4 is 0 Å². The lowest BCUT2D eigenvalue weighted by Crippen LogP contribution is -1.91. The van der Waals surface area contributed by atoms with Gasteiger partial charge in [0.15, 0.2) is 0 Å². The van der Waals surface area contributed by atoms with E-state index in [2.05, 4.69) is 11.1 Å². The molecule has 1 aromatic heterocycles. The Labute approximate surface area is 109 Å². The maximum Gasteiger partial charge on any atom is 0.269 e. The summed E-state index contributed by atoms with van der Waals surface area (Å²) in [4.78, 5) is 13.6. The molecular formula is C15H12N2O2. The molecule has 0 aliphatic rings. The summed E-state index contributed by atoms with van der Waals surface area (Å²) in [6.07, 6.45) is 2.65. The van der Waals surface area contributed by atoms with Crippen molar-refractivity contribution in [2.45, 2.75) is 6.42 Å². The molecule has 0 saturated carbocycles. The molecule has 4 heteroatoms. The minimum atomic E-state index is -0.362. The van der Waals surface area contributed by atoms with Crippen LogP contribution >= 0.6 is 0 Å². The van der Waals surface area contributed by atoms with E-state index in [-0.39, 0.29) is 10.6 Å². The predicted octanol–water partition coefficient (Wildman–Crippen LogP) is 3.67. The van der Waals surface area contributed by atoms with Crippen LogP contribution in [0.15, 0.2) is 54.7 Å². The van der Waals surface area contributed by atoms with E-state index in [0.29, 0.717) is 6.42 Å². The van der Waals surface area contributed by atoms with Gasteiger partial charge in [0.25, 0.3) is 5.69 Å². The quantitative estimate of drug-likeness (QED) is 0.571. The molecule has 1 N–H and O–H groups in total. The molecule has 0 aliphatic heterocycles. The topological polar surface area (TPSA) is 58.9 Å². The molecule has 1 heterocycles. The highest BCUT2D eigenvalue weighted by Crippen LogP contribution is 2.22. The van der Waals surface area contributed by atoms with E-state index in [1.54, 1.807) is 12.1 Å². The Bertz CT molecular complexity index is 746. The molecule has 19 heavy (non-hydrogen) atoms. The first kappa shape index (κ1) is 11.5. The summed E-state index contributed by atoms with van der Waals surface area (Å²) in [5.41, 5.74) is 3.32. The molecule has 0 unspecified atom stereocenters. The molecular weight excluding hydrogens is 240 g/mol. The molecule has 0 amide bonds. The van der Waals surface area contributed by atoms with Crippen LogP contribution in [0.2, 0.25) is 0 Å². The normalized spacial score (nSPS) is 10.7. The first-order chi connectivity index (χ1) is 9.24. The van der Waals surface area contributed by atoms with Gasteiger partial charge in [0.2, 0.25) is 0 Å². The average Bonchev–Trinajstić information content (AvgIpc) is 2.83. The van der Waals surface area contributed by atoms with E-state index >= 15 is 0 Å². The molecule has 0 saturated heterocycles. The van der Waals surface area contributed by atoms with Gasteiger partial charge in [0, 0.05) is 29.2 Å². The third-order valence-corrected chi connectivity index (χ3v) is 3.19. The van der Waals surface area contributed by atoms with Crippen LogP contribution in [0, 0.1) is 10.1 Å². The number of fused-ring (bicyclic) bond motifs is 1. The van der Waals surface area contributed by atoms with Crippen LogP contribution in [-0.2, 0) is 6.42 Å². The Morgan fingerprint density at radius 1 is 1.11 bits per heavy atom. The zero-order valence-corrected chi connectivity index (χ0v) is 10.2. The molecule has 4 nitrogen and oxygen atoms in total. The van der Waals surface area contributed by atoms with Gasteiger partial charge in [-0.25, -0.2) is 0 Å². The number of H-pyrrole nitrogens is 1. The number of nitro benzene ring substituents is 1. The number of rotatable bonds is 3. The molecule has 94 valence electrons. The molecule has 3 rings (SSSR count). The van der Waals surface area contributed by atoms with E-state index in [0.717, 1.165) is 22.0 Å². The fourth-order valence-corrected chi connectivity index (χ4v) is 2.28. The summed E-state index contributed by atoms with van der Waals surface area (Å²) in [5, 5.41) is 11.9. The van der Waals surface area contributed by atoms with Crippen molar-refractivity contribution >= 4 is 16.6 Å². The third kappa shape index (κ3) is 2.20. The van der Waals surface area contributed by atoms with Gasteiger partial charge in [0.05, 0.1) is 4.92 Å². The molecule has 3 aromatic rings. The van der Waals surface area contributed by atoms with Gasteiger partial charge < -0.3 is 4.98 Å². The highest BCUT2D eigenvalue weighted by Gasteiger charge is 2.08. The van der Waals surface area contributed by atoms with Gasteiger partial charge in [-0.2, -0.15) is 0 Å². The van der Waals surface area contributed by atoms with Crippen LogP contribution in [0.3, 0.4) is 0 Å². The number of para-hydroxylation sites is 1. The van der Waals surface area contributed by atoms with Gasteiger partial charge in [-0.1, -0.05) is 30.3 Å². The predicted molar refractivity (Wildman–Crippen MR) is 74.2 cm³/mol. The van der Waals surface area contributed by atoms with E-state index in [4.69, 9.17) is 0 Å². The zero-order valence-electron chi connectivity index (χ0n) is 10.2. The van der Waals surface area contributed by atoms with Crippen molar-refractivity contribution in [3.05, 3.63) is 76.0 Å². The number of non-ortho nitro benzene ring substituents is 1. The fraction of sp³-hybridized carbons (Fsp3) is 0.0667. The van der Waals surface area contributed by atoms with Gasteiger partial charge in [-0.3, -0.25) is 10.1 Å². The highest BCUT2D eigenvalue weighted by molar-refractivity contribution is 5.83. The maximum absolute atomic E-state index is 10.8. The lowest BCUT2D eigenvalue weighted by molar-refractivity contribution is -0.384. The van der Waals surface area contributed by atoms with Crippen molar-refractivity contribution in [2.75, 3.05) is 0 Å². The standard InChI is InChI=1S/C15H12N2O2/c18-17(19)13-5-3-4-11(9-13)8-12-10-16-15-7-2-1-6-14(12)15/h1-7,9-10,16H,8H2. The minimum absolute atomic E-state index is 0.136. The lowest BCUT2D eigenvalue weighted by atomic mass is 10.0. The van der Waals surface area contributed by atoms with Gasteiger partial charge >= 0.3 is 0 Å². The van der Waals surface area contributed by atoms with Crippen molar-refractivity contribution in [1.82, 2.24) is 4.98 Å². The third-order valence-electron chi connectivity index (χ3n) is 3.19. The van der Waals surface area contributed by atoms with Gasteiger partial charge in [-0.15, -0.1) is 0 Å². The number of benzene rings is 2. The summed E-state index contributed by atoms with van der Waals surface area (Å²) in [6.45, 7) is 0. The van der Waals surface area contributed by atoms with Crippen molar-refractivity contribution < 1.29 is 4.92 Å². The lowest BCUT2D eigenvalue weighted by Gasteiger charge is -2.00. The largest absolute Gasteiger partial charge is 0.361 e. The van der Waals surface area contributed by atoms with Gasteiger partial charge in [-0.05, 0) is 23.6 Å². The Kier molecular flexibility index (Phi) is 2.76. The maximum atomic E-state index is 10.8. The second-order valence-electron chi connectivity index (χ2n) is 4.46. The van der Waals surface area contributed by atoms with E-state index < -0.39 is 0 Å². The van der Waals surface area contributed by atoms with E-state index in [1.165, 1.54) is 6.07 Å². The van der Waals surface area contributed by atoms with E-state index in [1.807, 2.05) is 30.5 Å². The SMILES string of the molecule is O=[N+]([O-])c1cccc(Cc2c[nH]c3ccccc23)c1. The number of hydrogen-bond acceptors (Lipinski definition) is 2. The summed E-state index contributed by atoms with van der Waals surface area (Å²) < 4.78 is 0. The van der Waals surface area contributed by atoms with Crippen molar-refractivity contribution in [1.29, 1.82) is 0 Å². The summed E-state index contributed by atoms with van der Waals surface area (Å²) >= 11 is 0. The van der Waals surface area contributed by atoms with Crippen molar-refractivity contribution in [2.24, 2.45) is 0 Å². The second-order valence-corrected chi connectivity index (χ2v) is 4.46. The van der Waals surface area contributed by atoms with Crippen LogP contribution in [-0.4, -0.2) is 9.91 Å². The van der Waals surface area contributed by atoms with Crippen LogP contribution in [0.1, 0.15) is 11.1 Å². The van der Waals surface area contributed by atoms with Crippen LogP contribution in [0.4, 0.5) is 5.69 Å². The smallest absolute Gasteiger partial charge is 0.269 e. The molecule has 2 aromatic carbocycles. The highest BCUT2D eigenvalue weighted by atomic mass is 16.6. The number of aromatic nitrogens is 1. The molecule has 0 radical (unpaired) electrons. The monoisotopic (exact) mass is 252 g/mol. The van der Waals surface area contributed by atoms with Crippen molar-refractivity contribution in [3.63, 3.8) is 0 Å². The Hall–Kier alpha value is -2.62. The Balaban J connectivity index is 1.97. The summed E-state index contributed by atoms with van der Waals surface area (Å²) in [5.74, 6) is 0. The zero-order chi connectivity index (χ0) is 13.2. The molecule has 0 fully saturated rings. The second kappa shape index (κ2) is 4.57. The number of aromatic amines is 1. The summed E-state index contributed by atoms with van der Waals surface area (Å²) in [7, 11) is 0. The number of nitrogens with zero attached hydrogens (tertiary/aromatic N) is 1. The van der Waals surface area contributed by atoms with Crippen molar-refractivity contribution in [3.8, 4) is 0 Å². The minimum Gasteiger partial charge on any atom is -0.361 e. The molecule has 0 atom stereocenters. The fourth-order valence-electron chi connectivity index (χ4n) is 2.28. The number of nitrogens with one attached hydrogen (secondary N) is 1. The van der Waals surface area contributed by atoms with Crippen LogP contribution in [0.25, 0.3) is 10.9 Å². The first-order valence-electron chi connectivity index (χ1n) is 6.02. The Morgan fingerprint density at radius 2 is 1.95 bits per heavy atom. The number of hydrogen-bond donors (Lipinski definition) is 1. The van der Waals surface area contributed by atoms with E-state index in [9.17, 15) is 10.1 Å². The Morgan fingerprint density at radius 3 is 2.79 bits per heavy atom. The average molecular weight is 252 g/mol. The van der Waals surface area contributed by atoms with Gasteiger partial charge in [0.1, 0.15) is 0 Å². The molecule has 0 bridgehead atoms.